The number of amides is 1. The van der Waals surface area contributed by atoms with E-state index in [1.165, 1.54) is 0 Å². The van der Waals surface area contributed by atoms with Crippen LogP contribution in [0.3, 0.4) is 0 Å². The normalized spacial score (nSPS) is 22.8. The number of aliphatic hydroxyl groups is 2. The van der Waals surface area contributed by atoms with Gasteiger partial charge < -0.3 is 45.5 Å². The van der Waals surface area contributed by atoms with Crippen LogP contribution in [0.4, 0.5) is 11.8 Å². The molecule has 6 N–H and O–H groups in total. The van der Waals surface area contributed by atoms with E-state index in [-0.39, 0.29) is 24.3 Å². The minimum Gasteiger partial charge on any atom is -0.497 e. The molecule has 2 aromatic carbocycles. The number of nitrogens with zero attached hydrogens (tertiary/aromatic N) is 5. The van der Waals surface area contributed by atoms with Gasteiger partial charge in [0, 0.05) is 38.0 Å². The zero-order valence-electron chi connectivity index (χ0n) is 26.3. The monoisotopic (exact) mass is 630 g/mol. The summed E-state index contributed by atoms with van der Waals surface area (Å²) in [5, 5.41) is 28.3. The molecular weight excluding hydrogens is 588 g/mol. The molecule has 6 rings (SSSR count). The predicted molar refractivity (Wildman–Crippen MR) is 174 cm³/mol. The van der Waals surface area contributed by atoms with Crippen LogP contribution in [-0.2, 0) is 4.79 Å². The molecule has 244 valence electrons. The molecule has 1 saturated heterocycles. The number of fused-ring (bicyclic) bond motifs is 1. The van der Waals surface area contributed by atoms with Gasteiger partial charge in [0.25, 0.3) is 0 Å². The minimum atomic E-state index is -1.12. The van der Waals surface area contributed by atoms with Crippen molar-refractivity contribution >= 4 is 28.8 Å². The Morgan fingerprint density at radius 3 is 2.24 bits per heavy atom. The van der Waals surface area contributed by atoms with Gasteiger partial charge in [-0.05, 0) is 48.2 Å². The molecule has 1 aliphatic carbocycles. The lowest BCUT2D eigenvalue weighted by Gasteiger charge is -2.22. The summed E-state index contributed by atoms with van der Waals surface area (Å²) in [6, 6.07) is 14.9. The standard InChI is InChI=1S/C33H42N8O5/c1-4-27(42)37-25-15-26(30(44)29(25)43)41-18-36-28-31(38-33(39-32(28)41)40-14-13-21(34)17-40)35-16-24(19-5-9-22(45-2)10-6-19)20-7-11-23(46-3)12-8-20/h5-12,18,21,24-26,29-30,43-44H,4,13-17,34H2,1-3H3,(H,37,42)(H,35,38,39)/t21?,25-,26+,29+,30-/m0/s1. The van der Waals surface area contributed by atoms with Gasteiger partial charge in [-0.25, -0.2) is 4.98 Å². The number of nitrogens with two attached hydrogens (primary N) is 1. The zero-order valence-corrected chi connectivity index (χ0v) is 26.3. The third kappa shape index (κ3) is 6.30. The number of rotatable bonds is 11. The smallest absolute Gasteiger partial charge is 0.229 e. The van der Waals surface area contributed by atoms with Gasteiger partial charge in [-0.1, -0.05) is 31.2 Å². The quantitative estimate of drug-likeness (QED) is 0.164. The molecule has 3 heterocycles. The first-order valence-electron chi connectivity index (χ1n) is 15.7. The number of aliphatic hydroxyl groups excluding tert-OH is 2. The van der Waals surface area contributed by atoms with Gasteiger partial charge in [0.2, 0.25) is 11.9 Å². The fourth-order valence-corrected chi connectivity index (χ4v) is 6.42. The summed E-state index contributed by atoms with van der Waals surface area (Å²) in [6.45, 7) is 3.58. The number of benzene rings is 2. The van der Waals surface area contributed by atoms with E-state index in [0.29, 0.717) is 42.4 Å². The van der Waals surface area contributed by atoms with Crippen LogP contribution in [0, 0.1) is 0 Å². The summed E-state index contributed by atoms with van der Waals surface area (Å²) >= 11 is 0. The number of ether oxygens (including phenoxy) is 2. The molecule has 1 aliphatic heterocycles. The summed E-state index contributed by atoms with van der Waals surface area (Å²) in [5.41, 5.74) is 9.49. The van der Waals surface area contributed by atoms with E-state index < -0.39 is 24.3 Å². The van der Waals surface area contributed by atoms with Crippen molar-refractivity contribution in [3.05, 3.63) is 66.0 Å². The van der Waals surface area contributed by atoms with Gasteiger partial charge in [-0.15, -0.1) is 0 Å². The van der Waals surface area contributed by atoms with Crippen LogP contribution in [0.25, 0.3) is 11.2 Å². The summed E-state index contributed by atoms with van der Waals surface area (Å²) in [4.78, 5) is 28.7. The maximum atomic E-state index is 12.1. The third-order valence-electron chi connectivity index (χ3n) is 9.10. The number of hydrogen-bond acceptors (Lipinski definition) is 11. The number of carbonyl (C=O) groups is 1. The van der Waals surface area contributed by atoms with Crippen LogP contribution in [0.2, 0.25) is 0 Å². The molecule has 13 heteroatoms. The lowest BCUT2D eigenvalue weighted by atomic mass is 9.91. The lowest BCUT2D eigenvalue weighted by Crippen LogP contribution is -2.42. The van der Waals surface area contributed by atoms with Gasteiger partial charge in [0.05, 0.1) is 32.6 Å². The maximum Gasteiger partial charge on any atom is 0.229 e. The van der Waals surface area contributed by atoms with Crippen LogP contribution in [0.15, 0.2) is 54.9 Å². The van der Waals surface area contributed by atoms with Crippen molar-refractivity contribution in [1.29, 1.82) is 0 Å². The second kappa shape index (κ2) is 13.5. The Kier molecular flexibility index (Phi) is 9.24. The van der Waals surface area contributed by atoms with Crippen LogP contribution in [-0.4, -0.2) is 93.8 Å². The van der Waals surface area contributed by atoms with Crippen molar-refractivity contribution in [2.45, 2.75) is 62.4 Å². The SMILES string of the molecule is CCC(=O)N[C@H]1C[C@@H](n2cnc3c(NCC(c4ccc(OC)cc4)c4ccc(OC)cc4)nc(N4CCC(N)C4)nc32)[C@H](O)[C@@H]1O. The number of anilines is 2. The van der Waals surface area contributed by atoms with Gasteiger partial charge in [0.1, 0.15) is 23.7 Å². The molecule has 0 radical (unpaired) electrons. The molecule has 1 saturated carbocycles. The predicted octanol–water partition coefficient (Wildman–Crippen LogP) is 2.19. The molecule has 1 unspecified atom stereocenters. The van der Waals surface area contributed by atoms with Crippen LogP contribution >= 0.6 is 0 Å². The highest BCUT2D eigenvalue weighted by Crippen LogP contribution is 2.36. The Morgan fingerprint density at radius 1 is 1.02 bits per heavy atom. The van der Waals surface area contributed by atoms with E-state index in [2.05, 4.69) is 39.8 Å². The fraction of sp³-hybridized carbons (Fsp3) is 0.455. The molecule has 46 heavy (non-hydrogen) atoms. The van der Waals surface area contributed by atoms with Crippen molar-refractivity contribution in [2.75, 3.05) is 44.1 Å². The molecule has 2 aromatic heterocycles. The molecule has 1 amide bonds. The van der Waals surface area contributed by atoms with E-state index in [0.717, 1.165) is 35.6 Å². The first-order valence-corrected chi connectivity index (χ1v) is 15.7. The Bertz CT molecular complexity index is 1600. The topological polar surface area (TPSA) is 173 Å². The number of aromatic nitrogens is 4. The molecule has 5 atom stereocenters. The summed E-state index contributed by atoms with van der Waals surface area (Å²) < 4.78 is 12.6. The van der Waals surface area contributed by atoms with Crippen LogP contribution < -0.4 is 30.7 Å². The molecular formula is C33H42N8O5. The number of nitrogens with one attached hydrogen (secondary N) is 2. The molecule has 0 spiro atoms. The molecule has 2 aliphatic rings. The molecule has 4 aromatic rings. The van der Waals surface area contributed by atoms with E-state index in [1.54, 1.807) is 32.0 Å². The van der Waals surface area contributed by atoms with E-state index in [9.17, 15) is 15.0 Å². The first kappa shape index (κ1) is 31.5. The Balaban J connectivity index is 1.36. The summed E-state index contributed by atoms with van der Waals surface area (Å²) in [6.07, 6.45) is 0.821. The van der Waals surface area contributed by atoms with Crippen molar-refractivity contribution in [2.24, 2.45) is 5.73 Å². The number of imidazole rings is 1. The lowest BCUT2D eigenvalue weighted by molar-refractivity contribution is -0.122. The maximum absolute atomic E-state index is 12.1. The highest BCUT2D eigenvalue weighted by atomic mass is 16.5. The van der Waals surface area contributed by atoms with Crippen molar-refractivity contribution < 1.29 is 24.5 Å². The van der Waals surface area contributed by atoms with Gasteiger partial charge in [-0.3, -0.25) is 4.79 Å². The Morgan fingerprint density at radius 2 is 1.67 bits per heavy atom. The van der Waals surface area contributed by atoms with E-state index in [1.807, 2.05) is 24.3 Å². The Hall–Kier alpha value is -4.46. The van der Waals surface area contributed by atoms with Gasteiger partial charge >= 0.3 is 0 Å². The van der Waals surface area contributed by atoms with Crippen molar-refractivity contribution in [1.82, 2.24) is 24.8 Å². The van der Waals surface area contributed by atoms with Crippen LogP contribution in [0.5, 0.6) is 11.5 Å². The minimum absolute atomic E-state index is 0.0184. The largest absolute Gasteiger partial charge is 0.497 e. The van der Waals surface area contributed by atoms with Gasteiger partial charge in [-0.2, -0.15) is 9.97 Å². The zero-order chi connectivity index (χ0) is 32.4. The second-order valence-corrected chi connectivity index (χ2v) is 12.0. The number of carbonyl (C=O) groups excluding carboxylic acids is 1. The highest BCUT2D eigenvalue weighted by molar-refractivity contribution is 5.84. The van der Waals surface area contributed by atoms with E-state index >= 15 is 0 Å². The van der Waals surface area contributed by atoms with Gasteiger partial charge in [0.15, 0.2) is 17.0 Å². The summed E-state index contributed by atoms with van der Waals surface area (Å²) in [5.74, 6) is 2.38. The highest BCUT2D eigenvalue weighted by Gasteiger charge is 2.44. The molecule has 0 bridgehead atoms. The second-order valence-electron chi connectivity index (χ2n) is 12.0. The van der Waals surface area contributed by atoms with Crippen molar-refractivity contribution in [3.8, 4) is 11.5 Å². The number of hydrogen-bond donors (Lipinski definition) is 5. The number of methoxy groups -OCH3 is 2. The molecule has 13 nitrogen and oxygen atoms in total. The fourth-order valence-electron chi connectivity index (χ4n) is 6.42. The van der Waals surface area contributed by atoms with E-state index in [4.69, 9.17) is 30.2 Å². The van der Waals surface area contributed by atoms with Crippen LogP contribution in [0.1, 0.15) is 49.3 Å². The third-order valence-corrected chi connectivity index (χ3v) is 9.10. The Labute approximate surface area is 267 Å². The van der Waals surface area contributed by atoms with Crippen molar-refractivity contribution in [3.63, 3.8) is 0 Å². The molecule has 2 fully saturated rings. The first-order chi connectivity index (χ1) is 22.3. The average molecular weight is 631 g/mol. The summed E-state index contributed by atoms with van der Waals surface area (Å²) in [7, 11) is 3.29. The average Bonchev–Trinajstić information content (AvgIpc) is 3.79.